The van der Waals surface area contributed by atoms with Crippen LogP contribution in [0.25, 0.3) is 11.1 Å². The van der Waals surface area contributed by atoms with E-state index in [-0.39, 0.29) is 36.1 Å². The predicted molar refractivity (Wildman–Crippen MR) is 134 cm³/mol. The number of nitrogens with one attached hydrogen (secondary N) is 2. The zero-order valence-corrected chi connectivity index (χ0v) is 20.8. The molecule has 2 N–H and O–H groups in total. The second kappa shape index (κ2) is 11.3. The van der Waals surface area contributed by atoms with Gasteiger partial charge in [-0.2, -0.15) is 0 Å². The number of hydrogen-bond donors (Lipinski definition) is 2. The van der Waals surface area contributed by atoms with Gasteiger partial charge in [0.1, 0.15) is 12.6 Å². The molecule has 182 valence electrons. The third kappa shape index (κ3) is 6.25. The molecular formula is C28H36N2O4. The van der Waals surface area contributed by atoms with Crippen molar-refractivity contribution in [3.8, 4) is 11.1 Å². The van der Waals surface area contributed by atoms with Crippen molar-refractivity contribution in [2.45, 2.75) is 65.5 Å². The van der Waals surface area contributed by atoms with E-state index in [2.05, 4.69) is 34.9 Å². The molecule has 6 heteroatoms. The van der Waals surface area contributed by atoms with Crippen LogP contribution in [-0.4, -0.2) is 36.5 Å². The Kier molecular flexibility index (Phi) is 8.48. The first-order valence-corrected chi connectivity index (χ1v) is 12.1. The number of carbonyl (C=O) groups excluding carboxylic acids is 3. The summed E-state index contributed by atoms with van der Waals surface area (Å²) in [6.07, 6.45) is 0.369. The summed E-state index contributed by atoms with van der Waals surface area (Å²) < 4.78 is 5.62. The molecule has 2 amide bonds. The van der Waals surface area contributed by atoms with E-state index >= 15 is 0 Å². The number of Topliss-reactive ketones (excluding diaryl/α,β-unsaturated/α-hetero) is 1. The van der Waals surface area contributed by atoms with Crippen molar-refractivity contribution in [3.05, 3.63) is 59.7 Å². The zero-order chi connectivity index (χ0) is 24.8. The first-order chi connectivity index (χ1) is 16.2. The lowest BCUT2D eigenvalue weighted by Crippen LogP contribution is -2.52. The van der Waals surface area contributed by atoms with E-state index in [0.29, 0.717) is 12.8 Å². The Morgan fingerprint density at radius 1 is 0.794 bits per heavy atom. The molecule has 0 saturated heterocycles. The number of carbonyl (C=O) groups is 3. The molecule has 0 spiro atoms. The van der Waals surface area contributed by atoms with Crippen molar-refractivity contribution in [1.82, 2.24) is 10.6 Å². The summed E-state index contributed by atoms with van der Waals surface area (Å²) in [5.41, 5.74) is 4.58. The number of ether oxygens (including phenoxy) is 1. The molecule has 0 aliphatic heterocycles. The van der Waals surface area contributed by atoms with Gasteiger partial charge < -0.3 is 15.4 Å². The number of alkyl carbamates (subject to hydrolysis) is 1. The second-order valence-electron chi connectivity index (χ2n) is 9.95. The van der Waals surface area contributed by atoms with E-state index in [4.69, 9.17) is 4.74 Å². The lowest BCUT2D eigenvalue weighted by molar-refractivity contribution is -0.128. The fourth-order valence-electron chi connectivity index (χ4n) is 4.56. The molecule has 0 aromatic heterocycles. The summed E-state index contributed by atoms with van der Waals surface area (Å²) in [6.45, 7) is 9.63. The number of benzene rings is 2. The van der Waals surface area contributed by atoms with Crippen LogP contribution in [0.3, 0.4) is 0 Å². The van der Waals surface area contributed by atoms with Gasteiger partial charge in [-0.15, -0.1) is 0 Å². The van der Waals surface area contributed by atoms with E-state index in [9.17, 15) is 14.4 Å². The number of amides is 2. The van der Waals surface area contributed by atoms with Crippen molar-refractivity contribution in [2.75, 3.05) is 6.61 Å². The van der Waals surface area contributed by atoms with Crippen LogP contribution in [0.2, 0.25) is 0 Å². The van der Waals surface area contributed by atoms with Crippen LogP contribution in [-0.2, 0) is 14.3 Å². The van der Waals surface area contributed by atoms with Gasteiger partial charge in [0.15, 0.2) is 5.78 Å². The van der Waals surface area contributed by atoms with Crippen LogP contribution < -0.4 is 10.6 Å². The minimum absolute atomic E-state index is 0.0522. The highest BCUT2D eigenvalue weighted by Gasteiger charge is 2.30. The summed E-state index contributed by atoms with van der Waals surface area (Å²) in [7, 11) is 0. The quantitative estimate of drug-likeness (QED) is 0.515. The molecule has 1 aliphatic rings. The van der Waals surface area contributed by atoms with Gasteiger partial charge in [-0.25, -0.2) is 4.79 Å². The highest BCUT2D eigenvalue weighted by Crippen LogP contribution is 2.44. The monoisotopic (exact) mass is 464 g/mol. The maximum Gasteiger partial charge on any atom is 0.407 e. The first-order valence-electron chi connectivity index (χ1n) is 12.1. The van der Waals surface area contributed by atoms with Crippen LogP contribution in [0.1, 0.15) is 64.5 Å². The van der Waals surface area contributed by atoms with E-state index in [1.54, 1.807) is 0 Å². The lowest BCUT2D eigenvalue weighted by Gasteiger charge is -2.24. The molecular weight excluding hydrogens is 428 g/mol. The van der Waals surface area contributed by atoms with Crippen molar-refractivity contribution >= 4 is 17.8 Å². The summed E-state index contributed by atoms with van der Waals surface area (Å²) in [6, 6.07) is 14.9. The van der Waals surface area contributed by atoms with Gasteiger partial charge in [0.05, 0.1) is 6.04 Å². The largest absolute Gasteiger partial charge is 0.449 e. The molecule has 1 aliphatic carbocycles. The number of ketones is 1. The van der Waals surface area contributed by atoms with Crippen molar-refractivity contribution in [1.29, 1.82) is 0 Å². The maximum absolute atomic E-state index is 13.0. The molecule has 0 fully saturated rings. The van der Waals surface area contributed by atoms with E-state index in [1.165, 1.54) is 6.92 Å². The Morgan fingerprint density at radius 3 is 1.79 bits per heavy atom. The smallest absolute Gasteiger partial charge is 0.407 e. The fraction of sp³-hybridized carbons (Fsp3) is 0.464. The molecule has 0 radical (unpaired) electrons. The molecule has 2 atom stereocenters. The molecule has 3 rings (SSSR count). The normalized spacial score (nSPS) is 14.3. The molecule has 0 bridgehead atoms. The average molecular weight is 465 g/mol. The molecule has 0 unspecified atom stereocenters. The molecule has 2 aromatic carbocycles. The van der Waals surface area contributed by atoms with Crippen LogP contribution >= 0.6 is 0 Å². The summed E-state index contributed by atoms with van der Waals surface area (Å²) in [5, 5.41) is 5.56. The Bertz CT molecular complexity index is 985. The Morgan fingerprint density at radius 2 is 1.29 bits per heavy atom. The Hall–Kier alpha value is -3.15. The highest BCUT2D eigenvalue weighted by atomic mass is 16.5. The number of rotatable bonds is 10. The van der Waals surface area contributed by atoms with Gasteiger partial charge in [0.25, 0.3) is 0 Å². The lowest BCUT2D eigenvalue weighted by atomic mass is 9.98. The summed E-state index contributed by atoms with van der Waals surface area (Å²) >= 11 is 0. The van der Waals surface area contributed by atoms with Crippen molar-refractivity contribution in [2.24, 2.45) is 11.8 Å². The van der Waals surface area contributed by atoms with Gasteiger partial charge in [-0.3, -0.25) is 9.59 Å². The van der Waals surface area contributed by atoms with Crippen molar-refractivity contribution < 1.29 is 19.1 Å². The summed E-state index contributed by atoms with van der Waals surface area (Å²) in [4.78, 5) is 37.7. The third-order valence-electron chi connectivity index (χ3n) is 6.17. The average Bonchev–Trinajstić information content (AvgIpc) is 3.10. The van der Waals surface area contributed by atoms with Crippen LogP contribution in [0, 0.1) is 11.8 Å². The molecule has 0 heterocycles. The van der Waals surface area contributed by atoms with E-state index in [1.807, 2.05) is 52.0 Å². The summed E-state index contributed by atoms with van der Waals surface area (Å²) in [5.74, 6) is -0.0726. The standard InChI is InChI=1S/C28H36N2O4/c1-17(2)14-25(19(5)31)29-27(32)26(15-18(3)4)30-28(33)34-16-24-22-12-8-6-10-20(22)21-11-7-9-13-23(21)24/h6-13,17-18,24-26H,14-16H2,1-5H3,(H,29,32)(H,30,33)/t25-,26-/m0/s1. The topological polar surface area (TPSA) is 84.5 Å². The van der Waals surface area contributed by atoms with Gasteiger partial charge in [-0.1, -0.05) is 76.2 Å². The van der Waals surface area contributed by atoms with Crippen LogP contribution in [0.5, 0.6) is 0 Å². The number of fused-ring (bicyclic) bond motifs is 3. The van der Waals surface area contributed by atoms with Gasteiger partial charge in [-0.05, 0) is 53.9 Å². The zero-order valence-electron chi connectivity index (χ0n) is 20.8. The predicted octanol–water partition coefficient (Wildman–Crippen LogP) is 5.06. The SMILES string of the molecule is CC(=O)[C@H](CC(C)C)NC(=O)[C@H](CC(C)C)NC(=O)OCC1c2ccccc2-c2ccccc21. The minimum atomic E-state index is -0.773. The minimum Gasteiger partial charge on any atom is -0.449 e. The van der Waals surface area contributed by atoms with Gasteiger partial charge in [0, 0.05) is 5.92 Å². The van der Waals surface area contributed by atoms with Crippen LogP contribution in [0.15, 0.2) is 48.5 Å². The van der Waals surface area contributed by atoms with Crippen LogP contribution in [0.4, 0.5) is 4.79 Å². The highest BCUT2D eigenvalue weighted by molar-refractivity contribution is 5.91. The number of hydrogen-bond acceptors (Lipinski definition) is 4. The van der Waals surface area contributed by atoms with E-state index in [0.717, 1.165) is 22.3 Å². The molecule has 34 heavy (non-hydrogen) atoms. The van der Waals surface area contributed by atoms with Crippen molar-refractivity contribution in [3.63, 3.8) is 0 Å². The second-order valence-corrected chi connectivity index (χ2v) is 9.95. The maximum atomic E-state index is 13.0. The van der Waals surface area contributed by atoms with Gasteiger partial charge in [0.2, 0.25) is 5.91 Å². The van der Waals surface area contributed by atoms with E-state index < -0.39 is 18.2 Å². The fourth-order valence-corrected chi connectivity index (χ4v) is 4.56. The molecule has 6 nitrogen and oxygen atoms in total. The third-order valence-corrected chi connectivity index (χ3v) is 6.17. The van der Waals surface area contributed by atoms with Gasteiger partial charge >= 0.3 is 6.09 Å². The first kappa shape index (κ1) is 25.5. The Labute approximate surface area is 202 Å². The molecule has 2 aromatic rings. The Balaban J connectivity index is 1.66. The molecule has 0 saturated carbocycles.